The number of nitrogens with one attached hydrogen (secondary N) is 1. The highest BCUT2D eigenvalue weighted by atomic mass is 32.2. The average Bonchev–Trinajstić information content (AvgIpc) is 2.89. The molecule has 1 N–H and O–H groups in total. The summed E-state index contributed by atoms with van der Waals surface area (Å²) in [5.41, 5.74) is 2.05. The van der Waals surface area contributed by atoms with E-state index in [9.17, 15) is 14.9 Å². The zero-order chi connectivity index (χ0) is 26.4. The van der Waals surface area contributed by atoms with Crippen molar-refractivity contribution in [3.63, 3.8) is 0 Å². The maximum Gasteiger partial charge on any atom is 0.328 e. The van der Waals surface area contributed by atoms with Gasteiger partial charge in [0.05, 0.1) is 33.0 Å². The summed E-state index contributed by atoms with van der Waals surface area (Å²) in [6, 6.07) is 5.23. The molecule has 1 fully saturated rings. The molecule has 2 aromatic rings. The number of ether oxygens (including phenoxy) is 2. The fourth-order valence-corrected chi connectivity index (χ4v) is 4.58. The van der Waals surface area contributed by atoms with E-state index in [-0.39, 0.29) is 17.8 Å². The molecule has 0 aromatic carbocycles. The summed E-state index contributed by atoms with van der Waals surface area (Å²) >= 11 is 1.64. The number of pyridine rings is 2. The highest BCUT2D eigenvalue weighted by Gasteiger charge is 2.28. The number of hydrogen-bond donors (Lipinski definition) is 1. The SMILES string of the molecule is COc1nc2c(cc1CN1CCN(C)CC1=O)CCCN2C(=O)Nc1cc(OCCSC)c(C#N)cn1. The van der Waals surface area contributed by atoms with Gasteiger partial charge in [-0.1, -0.05) is 0 Å². The minimum Gasteiger partial charge on any atom is -0.491 e. The van der Waals surface area contributed by atoms with Crippen molar-refractivity contribution >= 4 is 35.3 Å². The highest BCUT2D eigenvalue weighted by Crippen LogP contribution is 2.32. The third kappa shape index (κ3) is 6.23. The van der Waals surface area contributed by atoms with E-state index in [4.69, 9.17) is 9.47 Å². The molecule has 4 heterocycles. The van der Waals surface area contributed by atoms with Crippen LogP contribution in [0.1, 0.15) is 23.1 Å². The molecule has 11 nitrogen and oxygen atoms in total. The van der Waals surface area contributed by atoms with Gasteiger partial charge in [0.15, 0.2) is 0 Å². The Kier molecular flexibility index (Phi) is 8.68. The molecule has 4 rings (SSSR count). The largest absolute Gasteiger partial charge is 0.491 e. The number of aromatic nitrogens is 2. The second kappa shape index (κ2) is 12.1. The Bertz CT molecular complexity index is 1200. The third-order valence-electron chi connectivity index (χ3n) is 6.28. The Morgan fingerprint density at radius 2 is 2.14 bits per heavy atom. The molecular weight excluding hydrogens is 494 g/mol. The van der Waals surface area contributed by atoms with Crippen molar-refractivity contribution in [2.45, 2.75) is 19.4 Å². The first-order valence-electron chi connectivity index (χ1n) is 12.1. The third-order valence-corrected chi connectivity index (χ3v) is 6.85. The summed E-state index contributed by atoms with van der Waals surface area (Å²) in [5, 5.41) is 12.2. The van der Waals surface area contributed by atoms with E-state index in [0.29, 0.717) is 55.8 Å². The van der Waals surface area contributed by atoms with Gasteiger partial charge in [-0.25, -0.2) is 9.78 Å². The van der Waals surface area contributed by atoms with Crippen molar-refractivity contribution in [1.29, 1.82) is 5.26 Å². The summed E-state index contributed by atoms with van der Waals surface area (Å²) < 4.78 is 11.3. The summed E-state index contributed by atoms with van der Waals surface area (Å²) in [6.45, 7) is 3.19. The number of carbonyl (C=O) groups is 2. The van der Waals surface area contributed by atoms with Crippen molar-refractivity contribution < 1.29 is 19.1 Å². The number of amides is 3. The number of nitrogens with zero attached hydrogens (tertiary/aromatic N) is 6. The van der Waals surface area contributed by atoms with Crippen LogP contribution in [0.2, 0.25) is 0 Å². The van der Waals surface area contributed by atoms with Crippen LogP contribution < -0.4 is 19.7 Å². The Morgan fingerprint density at radius 1 is 1.30 bits per heavy atom. The summed E-state index contributed by atoms with van der Waals surface area (Å²) in [5.74, 6) is 2.43. The van der Waals surface area contributed by atoms with Gasteiger partial charge in [-0.2, -0.15) is 22.0 Å². The van der Waals surface area contributed by atoms with E-state index >= 15 is 0 Å². The Morgan fingerprint density at radius 3 is 2.86 bits per heavy atom. The van der Waals surface area contributed by atoms with E-state index in [2.05, 4.69) is 21.4 Å². The van der Waals surface area contributed by atoms with E-state index in [1.54, 1.807) is 22.7 Å². The fourth-order valence-electron chi connectivity index (χ4n) is 4.33. The quantitative estimate of drug-likeness (QED) is 0.517. The number of methoxy groups -OCH3 is 1. The summed E-state index contributed by atoms with van der Waals surface area (Å²) in [7, 11) is 3.47. The molecule has 0 spiro atoms. The summed E-state index contributed by atoms with van der Waals surface area (Å²) in [6.07, 6.45) is 4.90. The van der Waals surface area contributed by atoms with Gasteiger partial charge in [-0.3, -0.25) is 19.9 Å². The number of hydrogen-bond acceptors (Lipinski definition) is 9. The Balaban J connectivity index is 1.53. The lowest BCUT2D eigenvalue weighted by molar-refractivity contribution is -0.136. The van der Waals surface area contributed by atoms with Crippen LogP contribution in [0.25, 0.3) is 0 Å². The molecule has 0 atom stereocenters. The van der Waals surface area contributed by atoms with Gasteiger partial charge in [0, 0.05) is 37.0 Å². The molecule has 0 unspecified atom stereocenters. The van der Waals surface area contributed by atoms with E-state index < -0.39 is 0 Å². The number of piperazine rings is 1. The van der Waals surface area contributed by atoms with Crippen LogP contribution in [0.15, 0.2) is 18.3 Å². The maximum atomic E-state index is 13.3. The molecule has 0 saturated carbocycles. The van der Waals surface area contributed by atoms with Gasteiger partial charge in [-0.15, -0.1) is 0 Å². The van der Waals surface area contributed by atoms with Gasteiger partial charge in [0.25, 0.3) is 0 Å². The molecule has 3 amide bonds. The number of anilines is 2. The van der Waals surface area contributed by atoms with Crippen molar-refractivity contribution in [1.82, 2.24) is 19.8 Å². The zero-order valence-corrected chi connectivity index (χ0v) is 22.1. The van der Waals surface area contributed by atoms with Gasteiger partial charge < -0.3 is 14.4 Å². The number of carbonyl (C=O) groups excluding carboxylic acids is 2. The number of nitriles is 1. The lowest BCUT2D eigenvalue weighted by Crippen LogP contribution is -2.48. The topological polar surface area (TPSA) is 124 Å². The molecule has 0 aliphatic carbocycles. The van der Waals surface area contributed by atoms with Crippen LogP contribution in [0.4, 0.5) is 16.4 Å². The molecule has 37 heavy (non-hydrogen) atoms. The monoisotopic (exact) mass is 525 g/mol. The van der Waals surface area contributed by atoms with Crippen LogP contribution in [-0.4, -0.2) is 90.7 Å². The molecule has 2 aliphatic rings. The second-order valence-corrected chi connectivity index (χ2v) is 9.88. The number of urea groups is 1. The van der Waals surface area contributed by atoms with Crippen molar-refractivity contribution in [3.05, 3.63) is 35.0 Å². The molecule has 0 bridgehead atoms. The zero-order valence-electron chi connectivity index (χ0n) is 21.3. The van der Waals surface area contributed by atoms with E-state index in [1.807, 2.05) is 29.2 Å². The predicted octanol–water partition coefficient (Wildman–Crippen LogP) is 2.36. The van der Waals surface area contributed by atoms with Crippen LogP contribution in [-0.2, 0) is 17.8 Å². The molecule has 1 saturated heterocycles. The van der Waals surface area contributed by atoms with Gasteiger partial charge >= 0.3 is 6.03 Å². The minimum absolute atomic E-state index is 0.0706. The van der Waals surface area contributed by atoms with Gasteiger partial charge in [0.2, 0.25) is 11.8 Å². The molecule has 12 heteroatoms. The number of fused-ring (bicyclic) bond motifs is 1. The molecule has 2 aromatic heterocycles. The smallest absolute Gasteiger partial charge is 0.328 e. The average molecular weight is 526 g/mol. The lowest BCUT2D eigenvalue weighted by Gasteiger charge is -2.33. The van der Waals surface area contributed by atoms with Crippen LogP contribution in [0.5, 0.6) is 11.6 Å². The molecule has 196 valence electrons. The Labute approximate surface area is 220 Å². The molecular formula is C25H31N7O4S. The van der Waals surface area contributed by atoms with Crippen LogP contribution in [0, 0.1) is 11.3 Å². The maximum absolute atomic E-state index is 13.3. The van der Waals surface area contributed by atoms with E-state index in [0.717, 1.165) is 36.3 Å². The standard InChI is InChI=1S/C25H31N7O4S/c1-30-7-8-31(22(33)16-30)15-18-11-17-5-4-6-32(23(17)29-24(18)35-2)25(34)28-21-12-20(36-9-10-37-3)19(13-26)14-27-21/h11-12,14H,4-10,15-16H2,1-3H3,(H,27,28,34). The van der Waals surface area contributed by atoms with Crippen LogP contribution in [0.3, 0.4) is 0 Å². The van der Waals surface area contributed by atoms with Crippen molar-refractivity contribution in [2.75, 3.05) is 69.2 Å². The minimum atomic E-state index is -0.384. The van der Waals surface area contributed by atoms with Gasteiger partial charge in [-0.05, 0) is 37.8 Å². The number of aryl methyl sites for hydroxylation is 1. The predicted molar refractivity (Wildman–Crippen MR) is 141 cm³/mol. The molecule has 0 radical (unpaired) electrons. The summed E-state index contributed by atoms with van der Waals surface area (Å²) in [4.78, 5) is 40.0. The number of thioether (sulfide) groups is 1. The lowest BCUT2D eigenvalue weighted by atomic mass is 10.0. The number of rotatable bonds is 8. The first kappa shape index (κ1) is 26.5. The molecule has 2 aliphatic heterocycles. The van der Waals surface area contributed by atoms with Crippen molar-refractivity contribution in [3.8, 4) is 17.7 Å². The second-order valence-electron chi connectivity index (χ2n) is 8.90. The highest BCUT2D eigenvalue weighted by molar-refractivity contribution is 7.98. The first-order chi connectivity index (χ1) is 17.9. The first-order valence-corrected chi connectivity index (χ1v) is 13.5. The number of likely N-dealkylation sites (N-methyl/N-ethyl adjacent to an activating group) is 1. The normalized spacial score (nSPS) is 15.7. The van der Waals surface area contributed by atoms with E-state index in [1.165, 1.54) is 13.3 Å². The van der Waals surface area contributed by atoms with Gasteiger partial charge in [0.1, 0.15) is 29.0 Å². The fraction of sp³-hybridized carbons (Fsp3) is 0.480. The van der Waals surface area contributed by atoms with Crippen molar-refractivity contribution in [2.24, 2.45) is 0 Å². The van der Waals surface area contributed by atoms with Crippen LogP contribution >= 0.6 is 11.8 Å². The Hall–Kier alpha value is -3.56.